The van der Waals surface area contributed by atoms with E-state index in [2.05, 4.69) is 10.2 Å². The van der Waals surface area contributed by atoms with E-state index < -0.39 is 5.60 Å². The van der Waals surface area contributed by atoms with Crippen molar-refractivity contribution < 1.29 is 14.6 Å². The summed E-state index contributed by atoms with van der Waals surface area (Å²) >= 11 is 0. The van der Waals surface area contributed by atoms with Crippen molar-refractivity contribution >= 4 is 6.09 Å². The minimum absolute atomic E-state index is 0.0835. The summed E-state index contributed by atoms with van der Waals surface area (Å²) in [6.45, 7) is 9.18. The highest BCUT2D eigenvalue weighted by molar-refractivity contribution is 5.67. The normalized spacial score (nSPS) is 31.3. The zero-order valence-electron chi connectivity index (χ0n) is 12.2. The Morgan fingerprint density at radius 1 is 1.47 bits per heavy atom. The first kappa shape index (κ1) is 14.6. The Morgan fingerprint density at radius 3 is 2.74 bits per heavy atom. The summed E-state index contributed by atoms with van der Waals surface area (Å²) in [6, 6.07) is 0. The van der Waals surface area contributed by atoms with E-state index in [1.807, 2.05) is 20.8 Å². The first-order chi connectivity index (χ1) is 8.78. The third-order valence-electron chi connectivity index (χ3n) is 3.95. The lowest BCUT2D eigenvalue weighted by Gasteiger charge is -2.42. The number of rotatable bonds is 3. The number of likely N-dealkylation sites (tertiary alicyclic amines) is 1. The Bertz CT molecular complexity index is 332. The van der Waals surface area contributed by atoms with Crippen molar-refractivity contribution in [1.29, 1.82) is 0 Å². The maximum atomic E-state index is 11.5. The molecule has 1 heterocycles. The number of carbonyl (C=O) groups is 1. The molecule has 0 aromatic carbocycles. The van der Waals surface area contributed by atoms with Crippen LogP contribution in [0.3, 0.4) is 0 Å². The average Bonchev–Trinajstić information content (AvgIpc) is 2.59. The van der Waals surface area contributed by atoms with Gasteiger partial charge in [-0.2, -0.15) is 0 Å². The summed E-state index contributed by atoms with van der Waals surface area (Å²) in [5.74, 6) is 0. The number of nitrogens with zero attached hydrogens (tertiary/aromatic N) is 1. The van der Waals surface area contributed by atoms with Crippen molar-refractivity contribution in [2.45, 2.75) is 51.7 Å². The molecule has 2 rings (SSSR count). The molecule has 2 fully saturated rings. The van der Waals surface area contributed by atoms with Gasteiger partial charge in [0, 0.05) is 19.6 Å². The zero-order chi connectivity index (χ0) is 14.1. The van der Waals surface area contributed by atoms with Crippen LogP contribution in [0.5, 0.6) is 0 Å². The molecule has 110 valence electrons. The fourth-order valence-electron chi connectivity index (χ4n) is 3.12. The van der Waals surface area contributed by atoms with E-state index in [-0.39, 0.29) is 12.2 Å². The molecule has 1 amide bonds. The first-order valence-corrected chi connectivity index (χ1v) is 7.15. The lowest BCUT2D eigenvalue weighted by atomic mass is 9.66. The van der Waals surface area contributed by atoms with Gasteiger partial charge in [0.25, 0.3) is 0 Å². The Balaban J connectivity index is 1.61. The number of hydrogen-bond acceptors (Lipinski definition) is 4. The Labute approximate surface area is 115 Å². The smallest absolute Gasteiger partial charge is 0.407 e. The fourth-order valence-corrected chi connectivity index (χ4v) is 3.12. The van der Waals surface area contributed by atoms with E-state index in [0.29, 0.717) is 12.0 Å². The number of amides is 1. The zero-order valence-corrected chi connectivity index (χ0v) is 12.2. The summed E-state index contributed by atoms with van der Waals surface area (Å²) < 4.78 is 5.19. The molecule has 2 aliphatic rings. The molecule has 1 aliphatic carbocycles. The SMILES string of the molecule is CC(C)(C)OC(=O)NCCN1CCC2(CC(O)C2)C1. The molecule has 1 spiro atoms. The van der Waals surface area contributed by atoms with Crippen molar-refractivity contribution in [3.05, 3.63) is 0 Å². The number of hydrogen-bond donors (Lipinski definition) is 2. The number of nitrogens with one attached hydrogen (secondary N) is 1. The van der Waals surface area contributed by atoms with E-state index in [0.717, 1.165) is 32.5 Å². The molecule has 2 N–H and O–H groups in total. The summed E-state index contributed by atoms with van der Waals surface area (Å²) in [5, 5.41) is 12.2. The molecule has 0 radical (unpaired) electrons. The molecule has 5 heteroatoms. The first-order valence-electron chi connectivity index (χ1n) is 7.15. The van der Waals surface area contributed by atoms with Gasteiger partial charge in [0.2, 0.25) is 0 Å². The van der Waals surface area contributed by atoms with E-state index in [1.54, 1.807) is 0 Å². The topological polar surface area (TPSA) is 61.8 Å². The van der Waals surface area contributed by atoms with Crippen molar-refractivity contribution in [3.8, 4) is 0 Å². The lowest BCUT2D eigenvalue weighted by Crippen LogP contribution is -2.44. The molecular weight excluding hydrogens is 244 g/mol. The van der Waals surface area contributed by atoms with E-state index in [9.17, 15) is 9.90 Å². The molecule has 19 heavy (non-hydrogen) atoms. The second-order valence-electron chi connectivity index (χ2n) is 7.02. The fraction of sp³-hybridized carbons (Fsp3) is 0.929. The number of alkyl carbamates (subject to hydrolysis) is 1. The van der Waals surface area contributed by atoms with Gasteiger partial charge in [0.05, 0.1) is 6.10 Å². The van der Waals surface area contributed by atoms with Crippen LogP contribution in [0.1, 0.15) is 40.0 Å². The van der Waals surface area contributed by atoms with Crippen LogP contribution in [-0.4, -0.2) is 54.0 Å². The largest absolute Gasteiger partial charge is 0.444 e. The summed E-state index contributed by atoms with van der Waals surface area (Å²) in [5.41, 5.74) is -0.0742. The predicted octanol–water partition coefficient (Wildman–Crippen LogP) is 1.36. The maximum absolute atomic E-state index is 11.5. The molecular formula is C14H26N2O3. The Morgan fingerprint density at radius 2 is 2.16 bits per heavy atom. The number of ether oxygens (including phenoxy) is 1. The van der Waals surface area contributed by atoms with Crippen LogP contribution >= 0.6 is 0 Å². The summed E-state index contributed by atoms with van der Waals surface area (Å²) in [4.78, 5) is 13.8. The van der Waals surface area contributed by atoms with Gasteiger partial charge in [-0.3, -0.25) is 0 Å². The summed E-state index contributed by atoms with van der Waals surface area (Å²) in [6.07, 6.45) is 2.64. The van der Waals surface area contributed by atoms with Crippen LogP contribution < -0.4 is 5.32 Å². The van der Waals surface area contributed by atoms with Gasteiger partial charge < -0.3 is 20.1 Å². The van der Waals surface area contributed by atoms with Crippen LogP contribution in [0.2, 0.25) is 0 Å². The molecule has 0 unspecified atom stereocenters. The lowest BCUT2D eigenvalue weighted by molar-refractivity contribution is -0.0250. The van der Waals surface area contributed by atoms with Gasteiger partial charge in [-0.05, 0) is 52.0 Å². The van der Waals surface area contributed by atoms with E-state index >= 15 is 0 Å². The molecule has 1 saturated carbocycles. The van der Waals surface area contributed by atoms with Crippen LogP contribution in [-0.2, 0) is 4.74 Å². The van der Waals surface area contributed by atoms with Gasteiger partial charge in [0.15, 0.2) is 0 Å². The number of carbonyl (C=O) groups excluding carboxylic acids is 1. The molecule has 0 bridgehead atoms. The third kappa shape index (κ3) is 4.08. The second-order valence-corrected chi connectivity index (χ2v) is 7.02. The quantitative estimate of drug-likeness (QED) is 0.813. The molecule has 0 atom stereocenters. The van der Waals surface area contributed by atoms with Crippen molar-refractivity contribution in [3.63, 3.8) is 0 Å². The minimum Gasteiger partial charge on any atom is -0.444 e. The van der Waals surface area contributed by atoms with E-state index in [4.69, 9.17) is 4.74 Å². The highest BCUT2D eigenvalue weighted by Gasteiger charge is 2.47. The van der Waals surface area contributed by atoms with Gasteiger partial charge in [0.1, 0.15) is 5.60 Å². The van der Waals surface area contributed by atoms with Crippen LogP contribution in [0.25, 0.3) is 0 Å². The number of aliphatic hydroxyl groups excluding tert-OH is 1. The second kappa shape index (κ2) is 5.29. The van der Waals surface area contributed by atoms with Gasteiger partial charge in [-0.1, -0.05) is 0 Å². The van der Waals surface area contributed by atoms with Gasteiger partial charge in [-0.25, -0.2) is 4.79 Å². The highest BCUT2D eigenvalue weighted by Crippen LogP contribution is 2.47. The van der Waals surface area contributed by atoms with Gasteiger partial charge >= 0.3 is 6.09 Å². The van der Waals surface area contributed by atoms with Crippen molar-refractivity contribution in [1.82, 2.24) is 10.2 Å². The minimum atomic E-state index is -0.441. The van der Waals surface area contributed by atoms with Crippen LogP contribution in [0.4, 0.5) is 4.79 Å². The molecule has 1 aliphatic heterocycles. The van der Waals surface area contributed by atoms with Crippen molar-refractivity contribution in [2.75, 3.05) is 26.2 Å². The van der Waals surface area contributed by atoms with Crippen LogP contribution in [0.15, 0.2) is 0 Å². The van der Waals surface area contributed by atoms with E-state index in [1.165, 1.54) is 6.42 Å². The standard InChI is InChI=1S/C14H26N2O3/c1-13(2,3)19-12(18)15-5-7-16-6-4-14(10-16)8-11(17)9-14/h11,17H,4-10H2,1-3H3,(H,15,18). The molecule has 1 saturated heterocycles. The van der Waals surface area contributed by atoms with Crippen LogP contribution in [0, 0.1) is 5.41 Å². The van der Waals surface area contributed by atoms with Crippen molar-refractivity contribution in [2.24, 2.45) is 5.41 Å². The molecule has 0 aromatic rings. The average molecular weight is 270 g/mol. The highest BCUT2D eigenvalue weighted by atomic mass is 16.6. The monoisotopic (exact) mass is 270 g/mol. The molecule has 5 nitrogen and oxygen atoms in total. The maximum Gasteiger partial charge on any atom is 0.407 e. The number of aliphatic hydroxyl groups is 1. The summed E-state index contributed by atoms with van der Waals surface area (Å²) in [7, 11) is 0. The Kier molecular flexibility index (Phi) is 4.06. The predicted molar refractivity (Wildman–Crippen MR) is 73.0 cm³/mol. The van der Waals surface area contributed by atoms with Gasteiger partial charge in [-0.15, -0.1) is 0 Å². The molecule has 0 aromatic heterocycles. The Hall–Kier alpha value is -0.810. The third-order valence-corrected chi connectivity index (χ3v) is 3.95.